The van der Waals surface area contributed by atoms with Gasteiger partial charge in [0.25, 0.3) is 0 Å². The molecule has 8 rings (SSSR count). The van der Waals surface area contributed by atoms with Crippen molar-refractivity contribution in [2.24, 2.45) is 0 Å². The van der Waals surface area contributed by atoms with Crippen LogP contribution in [0.1, 0.15) is 74.9 Å². The van der Waals surface area contributed by atoms with Crippen LogP contribution in [0.3, 0.4) is 0 Å². The zero-order chi connectivity index (χ0) is 34.8. The van der Waals surface area contributed by atoms with Gasteiger partial charge in [-0.05, 0) is 39.2 Å². The van der Waals surface area contributed by atoms with Gasteiger partial charge in [-0.2, -0.15) is 42.0 Å². The van der Waals surface area contributed by atoms with Crippen molar-refractivity contribution in [3.63, 3.8) is 0 Å². The van der Waals surface area contributed by atoms with Gasteiger partial charge in [-0.15, -0.1) is 40.8 Å². The topological polar surface area (TPSA) is 0 Å². The molecule has 0 bridgehead atoms. The maximum atomic E-state index is 6.32. The summed E-state index contributed by atoms with van der Waals surface area (Å²) in [6.07, 6.45) is 3.22. The first-order chi connectivity index (χ1) is 23.4. The van der Waals surface area contributed by atoms with E-state index in [0.29, 0.717) is 0 Å². The van der Waals surface area contributed by atoms with Crippen LogP contribution in [0.2, 0.25) is 10.0 Å². The number of rotatable bonds is 2. The Hall–Kier alpha value is -2.90. The Morgan fingerprint density at radius 3 is 1.54 bits per heavy atom. The van der Waals surface area contributed by atoms with Crippen molar-refractivity contribution < 1.29 is 51.0 Å². The quantitative estimate of drug-likeness (QED) is 0.155. The molecule has 1 aliphatic carbocycles. The van der Waals surface area contributed by atoms with E-state index in [1.165, 1.54) is 33.4 Å². The average Bonchev–Trinajstić information content (AvgIpc) is 3.79. The van der Waals surface area contributed by atoms with Crippen molar-refractivity contribution in [3.05, 3.63) is 189 Å². The fraction of sp³-hybridized carbons (Fsp3) is 0.191. The molecular weight excluding hydrogens is 798 g/mol. The Labute approximate surface area is 352 Å². The van der Waals surface area contributed by atoms with Crippen molar-refractivity contribution in [2.45, 2.75) is 58.8 Å². The maximum absolute atomic E-state index is 6.32. The molecule has 0 heterocycles. The van der Waals surface area contributed by atoms with E-state index >= 15 is 0 Å². The molecule has 1 aliphatic rings. The van der Waals surface area contributed by atoms with E-state index in [4.69, 9.17) is 23.2 Å². The fourth-order valence-corrected chi connectivity index (χ4v) is 6.79. The number of halogens is 4. The van der Waals surface area contributed by atoms with E-state index in [1.807, 2.05) is 66.7 Å². The molecule has 0 aliphatic heterocycles. The van der Waals surface area contributed by atoms with Crippen LogP contribution in [-0.4, -0.2) is 0 Å². The molecular formula is C47H43Cl4Zr-3. The van der Waals surface area contributed by atoms with Gasteiger partial charge in [-0.3, -0.25) is 0 Å². The Balaban J connectivity index is 0.000000236. The monoisotopic (exact) mass is 837 g/mol. The summed E-state index contributed by atoms with van der Waals surface area (Å²) < 4.78 is 0. The van der Waals surface area contributed by atoms with Gasteiger partial charge in [0.05, 0.1) is 0 Å². The van der Waals surface area contributed by atoms with Gasteiger partial charge in [0.15, 0.2) is 0 Å². The minimum Gasteiger partial charge on any atom is -1.00 e. The second-order valence-electron chi connectivity index (χ2n) is 14.8. The molecule has 0 unspecified atom stereocenters. The SMILES string of the molecule is CC(C)(C)c1[c-]c2c(cc1)-c1ccc(C(C)(C)C)cc1C2.Clc1ccc([CH-]c2ccc(Cl)c3ccccc23)c2ccccc12.[Cl-].[Cl-].[Zr+2].c1cc[cH-]c1. The standard InChI is InChI=1S/C21H13Cl2.C21H25.C5H5.2ClH.Zr/c22-20-11-9-14(16-5-1-3-7-18(16)20)13-15-10-12-21(23)19-8-4-2-6-17(15)19;1-20(2,3)16-7-9-18-14(12-16)11-15-13-17(21(4,5)6)8-10-19(15)18;1-2-4-5-3-1;;;/h1-13H;7-10,12H,11H2,1-6H3;1-5H;2*1H;/q3*-1;;;+2/p-2. The molecule has 0 saturated carbocycles. The third kappa shape index (κ3) is 9.99. The van der Waals surface area contributed by atoms with E-state index in [0.717, 1.165) is 49.1 Å². The first kappa shape index (κ1) is 43.5. The van der Waals surface area contributed by atoms with Crippen molar-refractivity contribution in [1.29, 1.82) is 0 Å². The molecule has 52 heavy (non-hydrogen) atoms. The summed E-state index contributed by atoms with van der Waals surface area (Å²) >= 11 is 12.6. The van der Waals surface area contributed by atoms with Crippen molar-refractivity contribution in [1.82, 2.24) is 0 Å². The number of fused-ring (bicyclic) bond motifs is 5. The molecule has 0 radical (unpaired) electrons. The van der Waals surface area contributed by atoms with Crippen LogP contribution >= 0.6 is 23.2 Å². The zero-order valence-corrected chi connectivity index (χ0v) is 36.0. The summed E-state index contributed by atoms with van der Waals surface area (Å²) in [5.74, 6) is 0. The van der Waals surface area contributed by atoms with E-state index in [9.17, 15) is 0 Å². The molecule has 0 spiro atoms. The molecule has 0 nitrogen and oxygen atoms in total. The van der Waals surface area contributed by atoms with Crippen molar-refractivity contribution in [2.75, 3.05) is 0 Å². The predicted octanol–water partition coefficient (Wildman–Crippen LogP) is 7.96. The maximum Gasteiger partial charge on any atom is 2.00 e. The average molecular weight is 841 g/mol. The third-order valence-corrected chi connectivity index (χ3v) is 9.80. The van der Waals surface area contributed by atoms with E-state index in [2.05, 4.69) is 121 Å². The van der Waals surface area contributed by atoms with Gasteiger partial charge in [0, 0.05) is 10.0 Å². The van der Waals surface area contributed by atoms with Gasteiger partial charge in [0.2, 0.25) is 0 Å². The summed E-state index contributed by atoms with van der Waals surface area (Å²) in [7, 11) is 0. The van der Waals surface area contributed by atoms with Crippen LogP contribution in [-0.2, 0) is 43.5 Å². The molecule has 0 amide bonds. The van der Waals surface area contributed by atoms with Gasteiger partial charge in [-0.1, -0.05) is 160 Å². The van der Waals surface area contributed by atoms with Crippen molar-refractivity contribution in [3.8, 4) is 11.1 Å². The van der Waals surface area contributed by atoms with Crippen LogP contribution in [0.4, 0.5) is 0 Å². The Kier molecular flexibility index (Phi) is 15.4. The first-order valence-corrected chi connectivity index (χ1v) is 17.7. The van der Waals surface area contributed by atoms with Crippen LogP contribution in [0.5, 0.6) is 0 Å². The van der Waals surface area contributed by atoms with E-state index in [1.54, 1.807) is 0 Å². The summed E-state index contributed by atoms with van der Waals surface area (Å²) in [5, 5.41) is 6.00. The molecule has 0 saturated heterocycles. The van der Waals surface area contributed by atoms with E-state index in [-0.39, 0.29) is 61.8 Å². The molecule has 0 aromatic heterocycles. The predicted molar refractivity (Wildman–Crippen MR) is 213 cm³/mol. The molecule has 0 N–H and O–H groups in total. The molecule has 0 fully saturated rings. The molecule has 7 aromatic carbocycles. The minimum absolute atomic E-state index is 0. The Morgan fingerprint density at radius 1 is 0.577 bits per heavy atom. The number of hydrogen-bond acceptors (Lipinski definition) is 0. The van der Waals surface area contributed by atoms with Gasteiger partial charge >= 0.3 is 26.2 Å². The number of benzene rings is 6. The van der Waals surface area contributed by atoms with Crippen LogP contribution < -0.4 is 24.8 Å². The van der Waals surface area contributed by atoms with Crippen molar-refractivity contribution >= 4 is 44.7 Å². The zero-order valence-electron chi connectivity index (χ0n) is 30.5. The Bertz CT molecular complexity index is 2060. The molecule has 7 aromatic rings. The Morgan fingerprint density at radius 2 is 1.08 bits per heavy atom. The molecule has 0 atom stereocenters. The van der Waals surface area contributed by atoms with Gasteiger partial charge in [-0.25, -0.2) is 12.1 Å². The van der Waals surface area contributed by atoms with Crippen LogP contribution in [0.15, 0.2) is 133 Å². The summed E-state index contributed by atoms with van der Waals surface area (Å²) in [6, 6.07) is 49.6. The second-order valence-corrected chi connectivity index (χ2v) is 15.6. The summed E-state index contributed by atoms with van der Waals surface area (Å²) in [5.41, 5.74) is 11.0. The summed E-state index contributed by atoms with van der Waals surface area (Å²) in [4.78, 5) is 0. The van der Waals surface area contributed by atoms with Gasteiger partial charge in [0.1, 0.15) is 0 Å². The summed E-state index contributed by atoms with van der Waals surface area (Å²) in [6.45, 7) is 13.6. The third-order valence-electron chi connectivity index (χ3n) is 9.14. The molecule has 266 valence electrons. The first-order valence-electron chi connectivity index (χ1n) is 17.0. The number of hydrogen-bond donors (Lipinski definition) is 0. The van der Waals surface area contributed by atoms with Crippen LogP contribution in [0, 0.1) is 12.5 Å². The van der Waals surface area contributed by atoms with E-state index < -0.39 is 0 Å². The van der Waals surface area contributed by atoms with Gasteiger partial charge < -0.3 is 24.8 Å². The molecule has 5 heteroatoms. The smallest absolute Gasteiger partial charge is 1.00 e. The normalized spacial score (nSPS) is 11.3. The van der Waals surface area contributed by atoms with Crippen LogP contribution in [0.25, 0.3) is 32.7 Å². The fourth-order valence-electron chi connectivity index (χ4n) is 6.34. The second kappa shape index (κ2) is 18.4. The minimum atomic E-state index is 0. The largest absolute Gasteiger partial charge is 2.00 e.